The summed E-state index contributed by atoms with van der Waals surface area (Å²) in [7, 11) is -0.800. The van der Waals surface area contributed by atoms with Crippen LogP contribution in [-0.2, 0) is 49.0 Å². The molecule has 9 nitrogen and oxygen atoms in total. The van der Waals surface area contributed by atoms with E-state index in [0.29, 0.717) is 31.2 Å². The Hall–Kier alpha value is -3.38. The van der Waals surface area contributed by atoms with Gasteiger partial charge in [-0.3, -0.25) is 0 Å². The van der Waals surface area contributed by atoms with Crippen molar-refractivity contribution in [2.45, 2.75) is 51.2 Å². The standard InChI is InChI=1S/C32H37N3O6S/c1-24-29(33-23-35(24)42(36,37)34(2)3)31-32(40-21-27-17-11-6-12-18-27)30(39-20-26-15-9-5-10-16-26)28(41-31)22-38-19-25-13-7-4-8-14-25/h4-18,23,28,30-32H,19-22H2,1-3H3/t28-,30-,31+,32-/m1/s1. The van der Waals surface area contributed by atoms with Gasteiger partial charge in [0.05, 0.1) is 37.8 Å². The lowest BCUT2D eigenvalue weighted by molar-refractivity contribution is -0.0898. The monoisotopic (exact) mass is 591 g/mol. The van der Waals surface area contributed by atoms with Crippen LogP contribution in [0.3, 0.4) is 0 Å². The van der Waals surface area contributed by atoms with Crippen molar-refractivity contribution in [1.29, 1.82) is 0 Å². The molecule has 1 aromatic heterocycles. The van der Waals surface area contributed by atoms with Gasteiger partial charge in [-0.25, -0.2) is 8.96 Å². The molecule has 10 heteroatoms. The molecule has 0 unspecified atom stereocenters. The highest BCUT2D eigenvalue weighted by atomic mass is 32.2. The van der Waals surface area contributed by atoms with Crippen LogP contribution in [0.1, 0.15) is 34.2 Å². The molecule has 2 heterocycles. The number of rotatable bonds is 13. The predicted molar refractivity (Wildman–Crippen MR) is 159 cm³/mol. The van der Waals surface area contributed by atoms with E-state index in [0.717, 1.165) is 21.0 Å². The van der Waals surface area contributed by atoms with Crippen molar-refractivity contribution in [3.63, 3.8) is 0 Å². The summed E-state index contributed by atoms with van der Waals surface area (Å²) >= 11 is 0. The fraction of sp³-hybridized carbons (Fsp3) is 0.344. The average molecular weight is 592 g/mol. The minimum atomic E-state index is -3.77. The molecule has 222 valence electrons. The van der Waals surface area contributed by atoms with Crippen molar-refractivity contribution in [2.75, 3.05) is 20.7 Å². The van der Waals surface area contributed by atoms with Gasteiger partial charge in [-0.2, -0.15) is 12.7 Å². The van der Waals surface area contributed by atoms with E-state index in [1.54, 1.807) is 6.92 Å². The molecule has 4 atom stereocenters. The number of nitrogens with zero attached hydrogens (tertiary/aromatic N) is 3. The summed E-state index contributed by atoms with van der Waals surface area (Å²) in [5.74, 6) is 0. The van der Waals surface area contributed by atoms with Gasteiger partial charge in [-0.1, -0.05) is 91.0 Å². The third kappa shape index (κ3) is 6.97. The van der Waals surface area contributed by atoms with Crippen LogP contribution in [0.5, 0.6) is 0 Å². The summed E-state index contributed by atoms with van der Waals surface area (Å²) in [5, 5.41) is 0. The van der Waals surface area contributed by atoms with Crippen LogP contribution in [0.15, 0.2) is 97.3 Å². The molecule has 3 aromatic carbocycles. The molecule has 42 heavy (non-hydrogen) atoms. The van der Waals surface area contributed by atoms with E-state index in [-0.39, 0.29) is 6.61 Å². The van der Waals surface area contributed by atoms with Crippen molar-refractivity contribution < 1.29 is 27.4 Å². The van der Waals surface area contributed by atoms with Gasteiger partial charge < -0.3 is 18.9 Å². The number of aromatic nitrogens is 2. The van der Waals surface area contributed by atoms with E-state index in [2.05, 4.69) is 4.98 Å². The molecular formula is C32H37N3O6S. The Kier molecular flexibility index (Phi) is 9.84. The van der Waals surface area contributed by atoms with Crippen LogP contribution in [-0.4, -0.2) is 60.7 Å². The summed E-state index contributed by atoms with van der Waals surface area (Å²) in [6.07, 6.45) is -0.943. The molecule has 0 spiro atoms. The second kappa shape index (κ2) is 13.7. The first-order valence-corrected chi connectivity index (χ1v) is 15.3. The van der Waals surface area contributed by atoms with Gasteiger partial charge in [0, 0.05) is 14.1 Å². The first-order chi connectivity index (χ1) is 20.3. The first-order valence-electron chi connectivity index (χ1n) is 13.9. The Morgan fingerprint density at radius 3 is 1.81 bits per heavy atom. The Morgan fingerprint density at radius 1 is 0.786 bits per heavy atom. The van der Waals surface area contributed by atoms with Gasteiger partial charge in [0.1, 0.15) is 30.7 Å². The van der Waals surface area contributed by atoms with E-state index < -0.39 is 34.6 Å². The highest BCUT2D eigenvalue weighted by Crippen LogP contribution is 2.39. The van der Waals surface area contributed by atoms with Crippen LogP contribution in [0.4, 0.5) is 0 Å². The molecule has 0 saturated carbocycles. The van der Waals surface area contributed by atoms with Crippen LogP contribution >= 0.6 is 0 Å². The maximum Gasteiger partial charge on any atom is 0.308 e. The second-order valence-electron chi connectivity index (χ2n) is 10.4. The largest absolute Gasteiger partial charge is 0.374 e. The van der Waals surface area contributed by atoms with Crippen molar-refractivity contribution in [1.82, 2.24) is 13.3 Å². The molecule has 1 aliphatic rings. The Balaban J connectivity index is 1.45. The molecule has 1 fully saturated rings. The topological polar surface area (TPSA) is 92.1 Å². The summed E-state index contributed by atoms with van der Waals surface area (Å²) in [4.78, 5) is 4.52. The number of hydrogen-bond acceptors (Lipinski definition) is 7. The Bertz CT molecular complexity index is 1510. The molecule has 0 N–H and O–H groups in total. The molecule has 1 aliphatic heterocycles. The van der Waals surface area contributed by atoms with Crippen molar-refractivity contribution in [3.05, 3.63) is 125 Å². The van der Waals surface area contributed by atoms with E-state index >= 15 is 0 Å². The van der Waals surface area contributed by atoms with Gasteiger partial charge in [0.15, 0.2) is 0 Å². The summed E-state index contributed by atoms with van der Waals surface area (Å²) < 4.78 is 54.0. The number of hydrogen-bond donors (Lipinski definition) is 0. The Morgan fingerprint density at radius 2 is 1.29 bits per heavy atom. The number of imidazole rings is 1. The van der Waals surface area contributed by atoms with E-state index in [1.165, 1.54) is 24.4 Å². The highest BCUT2D eigenvalue weighted by molar-refractivity contribution is 7.87. The van der Waals surface area contributed by atoms with Crippen molar-refractivity contribution >= 4 is 10.2 Å². The minimum absolute atomic E-state index is 0.256. The fourth-order valence-electron chi connectivity index (χ4n) is 4.96. The molecular weight excluding hydrogens is 554 g/mol. The molecule has 0 bridgehead atoms. The smallest absolute Gasteiger partial charge is 0.308 e. The van der Waals surface area contributed by atoms with Gasteiger partial charge >= 0.3 is 10.2 Å². The van der Waals surface area contributed by atoms with E-state index in [9.17, 15) is 8.42 Å². The maximum atomic E-state index is 13.0. The van der Waals surface area contributed by atoms with Crippen LogP contribution in [0.25, 0.3) is 0 Å². The quantitative estimate of drug-likeness (QED) is 0.223. The maximum absolute atomic E-state index is 13.0. The van der Waals surface area contributed by atoms with Crippen LogP contribution in [0.2, 0.25) is 0 Å². The van der Waals surface area contributed by atoms with Crippen molar-refractivity contribution in [2.24, 2.45) is 0 Å². The average Bonchev–Trinajstić information content (AvgIpc) is 3.56. The number of ether oxygens (including phenoxy) is 4. The minimum Gasteiger partial charge on any atom is -0.374 e. The van der Waals surface area contributed by atoms with E-state index in [4.69, 9.17) is 18.9 Å². The lowest BCUT2D eigenvalue weighted by atomic mass is 10.0. The summed E-state index contributed by atoms with van der Waals surface area (Å²) in [5.41, 5.74) is 4.00. The Labute approximate surface area is 247 Å². The SMILES string of the molecule is Cc1c([C@@H]2O[C@H](COCc3ccccc3)[C@@H](OCc3ccccc3)[C@H]2OCc2ccccc2)ncn1S(=O)(=O)N(C)C. The van der Waals surface area contributed by atoms with Crippen LogP contribution < -0.4 is 0 Å². The summed E-state index contributed by atoms with van der Waals surface area (Å²) in [6, 6.07) is 29.7. The zero-order valence-electron chi connectivity index (χ0n) is 24.1. The first kappa shape index (κ1) is 30.1. The normalized spacial score (nSPS) is 20.8. The summed E-state index contributed by atoms with van der Waals surface area (Å²) in [6.45, 7) is 3.07. The van der Waals surface area contributed by atoms with Crippen LogP contribution in [0, 0.1) is 6.92 Å². The predicted octanol–water partition coefficient (Wildman–Crippen LogP) is 4.67. The molecule has 4 aromatic rings. The molecule has 0 radical (unpaired) electrons. The molecule has 1 saturated heterocycles. The zero-order valence-corrected chi connectivity index (χ0v) is 24.9. The van der Waals surface area contributed by atoms with Gasteiger partial charge in [-0.15, -0.1) is 0 Å². The lowest BCUT2D eigenvalue weighted by Crippen LogP contribution is -2.38. The third-order valence-corrected chi connectivity index (χ3v) is 9.04. The molecule has 0 aliphatic carbocycles. The van der Waals surface area contributed by atoms with Gasteiger partial charge in [-0.05, 0) is 23.6 Å². The fourth-order valence-corrected chi connectivity index (χ4v) is 5.92. The lowest BCUT2D eigenvalue weighted by Gasteiger charge is -2.25. The van der Waals surface area contributed by atoms with E-state index in [1.807, 2.05) is 91.0 Å². The third-order valence-electron chi connectivity index (χ3n) is 7.26. The van der Waals surface area contributed by atoms with Gasteiger partial charge in [0.25, 0.3) is 0 Å². The second-order valence-corrected chi connectivity index (χ2v) is 12.4. The molecule has 0 amide bonds. The molecule has 5 rings (SSSR count). The zero-order chi connectivity index (χ0) is 29.5. The van der Waals surface area contributed by atoms with Gasteiger partial charge in [0.2, 0.25) is 0 Å². The highest BCUT2D eigenvalue weighted by Gasteiger charge is 2.49. The van der Waals surface area contributed by atoms with Crippen molar-refractivity contribution in [3.8, 4) is 0 Å². The number of benzene rings is 3.